The first-order chi connectivity index (χ1) is 17.4. The molecule has 5 rings (SSSR count). The Morgan fingerprint density at radius 1 is 1.14 bits per heavy atom. The number of rotatable bonds is 7. The lowest BCUT2D eigenvalue weighted by Crippen LogP contribution is -2.53. The molecule has 36 heavy (non-hydrogen) atoms. The number of carbonyl (C=O) groups is 1. The van der Waals surface area contributed by atoms with Gasteiger partial charge in [-0.25, -0.2) is 18.4 Å². The Kier molecular flexibility index (Phi) is 7.06. The van der Waals surface area contributed by atoms with Crippen LogP contribution in [0.1, 0.15) is 32.6 Å². The van der Waals surface area contributed by atoms with Crippen LogP contribution in [-0.2, 0) is 14.8 Å². The fourth-order valence-corrected chi connectivity index (χ4v) is 6.65. The molecule has 0 spiro atoms. The van der Waals surface area contributed by atoms with Crippen LogP contribution in [0.25, 0.3) is 11.0 Å². The van der Waals surface area contributed by atoms with Crippen LogP contribution in [0.3, 0.4) is 0 Å². The number of aromatic nitrogens is 4. The number of nitrogens with one attached hydrogen (secondary N) is 3. The van der Waals surface area contributed by atoms with Crippen LogP contribution >= 0.6 is 0 Å². The quantitative estimate of drug-likeness (QED) is 0.437. The number of aromatic amines is 1. The Morgan fingerprint density at radius 2 is 1.94 bits per heavy atom. The van der Waals surface area contributed by atoms with Gasteiger partial charge in [0.1, 0.15) is 17.0 Å². The van der Waals surface area contributed by atoms with Crippen molar-refractivity contribution in [1.29, 1.82) is 0 Å². The summed E-state index contributed by atoms with van der Waals surface area (Å²) in [6.07, 6.45) is 6.92. The van der Waals surface area contributed by atoms with E-state index in [0.29, 0.717) is 36.9 Å². The van der Waals surface area contributed by atoms with Crippen molar-refractivity contribution in [3.8, 4) is 0 Å². The molecule has 0 aliphatic carbocycles. The molecule has 1 aromatic carbocycles. The monoisotopic (exact) mass is 512 g/mol. The predicted molar refractivity (Wildman–Crippen MR) is 137 cm³/mol. The molecule has 2 atom stereocenters. The number of amides is 1. The molecular formula is C24H32N8O3S. The SMILES string of the molecule is C[C@H]1CCN(c2ncnc3[nH]ncc23)C[C@@H]1NC(=O)CNc1ccccc1S(=O)(=O)N1CCCCC1. The minimum atomic E-state index is -3.61. The van der Waals surface area contributed by atoms with Crippen molar-refractivity contribution in [2.24, 2.45) is 5.92 Å². The first-order valence-electron chi connectivity index (χ1n) is 12.4. The first kappa shape index (κ1) is 24.4. The minimum absolute atomic E-state index is 0.0186. The van der Waals surface area contributed by atoms with Crippen LogP contribution in [0.4, 0.5) is 11.5 Å². The lowest BCUT2D eigenvalue weighted by molar-refractivity contribution is -0.120. The number of H-pyrrole nitrogens is 1. The molecule has 0 unspecified atom stereocenters. The molecule has 0 saturated carbocycles. The Balaban J connectivity index is 1.24. The summed E-state index contributed by atoms with van der Waals surface area (Å²) >= 11 is 0. The Bertz CT molecular complexity index is 1320. The zero-order valence-corrected chi connectivity index (χ0v) is 21.2. The third-order valence-electron chi connectivity index (χ3n) is 7.09. The van der Waals surface area contributed by atoms with Crippen LogP contribution in [0.15, 0.2) is 41.7 Å². The van der Waals surface area contributed by atoms with Crippen LogP contribution in [0, 0.1) is 5.92 Å². The van der Waals surface area contributed by atoms with Crippen molar-refractivity contribution in [3.63, 3.8) is 0 Å². The third kappa shape index (κ3) is 5.00. The molecule has 4 heterocycles. The number of anilines is 2. The van der Waals surface area contributed by atoms with Gasteiger partial charge in [-0.15, -0.1) is 0 Å². The van der Waals surface area contributed by atoms with Crippen LogP contribution in [0.2, 0.25) is 0 Å². The van der Waals surface area contributed by atoms with Crippen molar-refractivity contribution in [2.45, 2.75) is 43.5 Å². The maximum atomic E-state index is 13.2. The lowest BCUT2D eigenvalue weighted by atomic mass is 9.93. The number of fused-ring (bicyclic) bond motifs is 1. The summed E-state index contributed by atoms with van der Waals surface area (Å²) in [4.78, 5) is 23.9. The van der Waals surface area contributed by atoms with Crippen molar-refractivity contribution >= 4 is 38.5 Å². The second kappa shape index (κ2) is 10.4. The van der Waals surface area contributed by atoms with Gasteiger partial charge in [0.05, 0.1) is 23.8 Å². The number of piperidine rings is 2. The smallest absolute Gasteiger partial charge is 0.245 e. The van der Waals surface area contributed by atoms with Crippen LogP contribution < -0.4 is 15.5 Å². The normalized spacial score (nSPS) is 21.4. The predicted octanol–water partition coefficient (Wildman–Crippen LogP) is 1.97. The topological polar surface area (TPSA) is 136 Å². The summed E-state index contributed by atoms with van der Waals surface area (Å²) in [7, 11) is -3.61. The van der Waals surface area contributed by atoms with Gasteiger partial charge >= 0.3 is 0 Å². The van der Waals surface area contributed by atoms with Gasteiger partial charge in [-0.05, 0) is 37.3 Å². The van der Waals surface area contributed by atoms with E-state index in [-0.39, 0.29) is 23.4 Å². The van der Waals surface area contributed by atoms with E-state index < -0.39 is 10.0 Å². The number of hydrogen-bond acceptors (Lipinski definition) is 8. The van der Waals surface area contributed by atoms with E-state index in [1.165, 1.54) is 6.33 Å². The number of sulfonamides is 1. The molecule has 0 radical (unpaired) electrons. The largest absolute Gasteiger partial charge is 0.375 e. The number of benzene rings is 1. The van der Waals surface area contributed by atoms with E-state index in [2.05, 4.69) is 42.6 Å². The summed E-state index contributed by atoms with van der Waals surface area (Å²) in [6, 6.07) is 6.72. The van der Waals surface area contributed by atoms with Crippen molar-refractivity contribution in [2.75, 3.05) is 42.9 Å². The van der Waals surface area contributed by atoms with E-state index in [9.17, 15) is 13.2 Å². The average molecular weight is 513 g/mol. The number of carbonyl (C=O) groups excluding carboxylic acids is 1. The van der Waals surface area contributed by atoms with Crippen molar-refractivity contribution in [3.05, 3.63) is 36.8 Å². The van der Waals surface area contributed by atoms with Gasteiger partial charge in [-0.2, -0.15) is 9.40 Å². The van der Waals surface area contributed by atoms with E-state index in [1.54, 1.807) is 34.8 Å². The lowest BCUT2D eigenvalue weighted by Gasteiger charge is -2.38. The summed E-state index contributed by atoms with van der Waals surface area (Å²) in [6.45, 7) is 4.61. The molecular weight excluding hydrogens is 480 g/mol. The van der Waals surface area contributed by atoms with E-state index >= 15 is 0 Å². The Labute approximate surface area is 210 Å². The number of para-hydroxylation sites is 1. The van der Waals surface area contributed by atoms with Gasteiger partial charge in [0.15, 0.2) is 5.65 Å². The van der Waals surface area contributed by atoms with E-state index in [0.717, 1.165) is 43.4 Å². The average Bonchev–Trinajstić information content (AvgIpc) is 3.39. The Hall–Kier alpha value is -3.25. The van der Waals surface area contributed by atoms with Gasteiger partial charge < -0.3 is 15.5 Å². The Morgan fingerprint density at radius 3 is 2.78 bits per heavy atom. The molecule has 2 aromatic heterocycles. The molecule has 192 valence electrons. The fraction of sp³-hybridized carbons (Fsp3) is 0.500. The number of hydrogen-bond donors (Lipinski definition) is 3. The summed E-state index contributed by atoms with van der Waals surface area (Å²) < 4.78 is 28.0. The molecule has 2 aliphatic heterocycles. The van der Waals surface area contributed by atoms with Crippen molar-refractivity contribution in [1.82, 2.24) is 29.8 Å². The summed E-state index contributed by atoms with van der Waals surface area (Å²) in [5, 5.41) is 14.0. The van der Waals surface area contributed by atoms with Gasteiger partial charge in [-0.3, -0.25) is 9.89 Å². The summed E-state index contributed by atoms with van der Waals surface area (Å²) in [5.74, 6) is 0.906. The van der Waals surface area contributed by atoms with Crippen molar-refractivity contribution < 1.29 is 13.2 Å². The third-order valence-corrected chi connectivity index (χ3v) is 9.05. The molecule has 1 amide bonds. The number of nitrogens with zero attached hydrogens (tertiary/aromatic N) is 5. The minimum Gasteiger partial charge on any atom is -0.375 e. The maximum absolute atomic E-state index is 13.2. The van der Waals surface area contributed by atoms with Gasteiger partial charge in [-0.1, -0.05) is 25.5 Å². The second-order valence-corrected chi connectivity index (χ2v) is 11.4. The highest BCUT2D eigenvalue weighted by atomic mass is 32.2. The zero-order valence-electron chi connectivity index (χ0n) is 20.4. The molecule has 0 bridgehead atoms. The van der Waals surface area contributed by atoms with E-state index in [4.69, 9.17) is 0 Å². The zero-order chi connectivity index (χ0) is 25.1. The molecule has 2 fully saturated rings. The maximum Gasteiger partial charge on any atom is 0.245 e. The molecule has 3 N–H and O–H groups in total. The second-order valence-electron chi connectivity index (χ2n) is 9.53. The standard InChI is InChI=1S/C24H32N8O3S/c1-17-9-12-31(24-18-13-28-30-23(18)26-16-27-24)15-20(17)29-22(33)14-25-19-7-3-4-8-21(19)36(34,35)32-10-5-2-6-11-32/h3-4,7-8,13,16-17,20,25H,2,5-6,9-12,14-15H2,1H3,(H,29,33)(H,26,27,28,30)/t17-,20-/m0/s1. The van der Waals surface area contributed by atoms with Gasteiger partial charge in [0, 0.05) is 32.2 Å². The molecule has 11 nitrogen and oxygen atoms in total. The van der Waals surface area contributed by atoms with E-state index in [1.807, 2.05) is 0 Å². The van der Waals surface area contributed by atoms with Gasteiger partial charge in [0.25, 0.3) is 0 Å². The highest BCUT2D eigenvalue weighted by Gasteiger charge is 2.30. The highest BCUT2D eigenvalue weighted by molar-refractivity contribution is 7.89. The van der Waals surface area contributed by atoms with Crippen LogP contribution in [0.5, 0.6) is 0 Å². The summed E-state index contributed by atoms with van der Waals surface area (Å²) in [5.41, 5.74) is 1.13. The molecule has 12 heteroatoms. The van der Waals surface area contributed by atoms with Gasteiger partial charge in [0.2, 0.25) is 15.9 Å². The molecule has 2 aliphatic rings. The van der Waals surface area contributed by atoms with Crippen LogP contribution in [-0.4, -0.2) is 77.6 Å². The fourth-order valence-electron chi connectivity index (χ4n) is 4.97. The molecule has 2 saturated heterocycles. The molecule has 3 aromatic rings. The highest BCUT2D eigenvalue weighted by Crippen LogP contribution is 2.28. The first-order valence-corrected chi connectivity index (χ1v) is 13.9.